The number of sulfonamides is 1. The molecule has 0 aliphatic carbocycles. The second-order valence-electron chi connectivity index (χ2n) is 3.46. The van der Waals surface area contributed by atoms with Crippen molar-refractivity contribution in [2.24, 2.45) is 5.73 Å². The van der Waals surface area contributed by atoms with Crippen LogP contribution in [0.15, 0.2) is 23.2 Å². The number of nitrogens with one attached hydrogen (secondary N) is 1. The second-order valence-corrected chi connectivity index (χ2v) is 5.63. The minimum absolute atomic E-state index is 0.00471. The molecule has 1 aromatic rings. The molecule has 0 unspecified atom stereocenters. The quantitative estimate of drug-likeness (QED) is 0.543. The number of aromatic nitrogens is 1. The number of nitrogens with two attached hydrogens (primary N) is 1. The van der Waals surface area contributed by atoms with E-state index in [-0.39, 0.29) is 22.1 Å². The summed E-state index contributed by atoms with van der Waals surface area (Å²) < 4.78 is 31.3. The van der Waals surface area contributed by atoms with Crippen LogP contribution in [0.5, 0.6) is 0 Å². The monoisotopic (exact) mass is 289 g/mol. The summed E-state index contributed by atoms with van der Waals surface area (Å²) in [6, 6.07) is 2.94. The lowest BCUT2D eigenvalue weighted by atomic mass is 10.3. The largest absolute Gasteiger partial charge is 0.388 e. The molecule has 0 fully saturated rings. The number of methoxy groups -OCH3 is 1. The van der Waals surface area contributed by atoms with Crippen molar-refractivity contribution in [1.82, 2.24) is 9.71 Å². The van der Waals surface area contributed by atoms with Gasteiger partial charge in [-0.05, 0) is 18.6 Å². The number of thiocarbonyl (C=S) groups is 1. The maximum Gasteiger partial charge on any atom is 0.242 e. The van der Waals surface area contributed by atoms with Gasteiger partial charge in [-0.1, -0.05) is 12.2 Å². The first kappa shape index (κ1) is 15.0. The van der Waals surface area contributed by atoms with Crippen molar-refractivity contribution in [3.63, 3.8) is 0 Å². The molecule has 0 atom stereocenters. The van der Waals surface area contributed by atoms with E-state index in [1.54, 1.807) is 7.11 Å². The average Bonchev–Trinajstić information content (AvgIpc) is 2.35. The minimum Gasteiger partial charge on any atom is -0.388 e. The van der Waals surface area contributed by atoms with Gasteiger partial charge in [0.2, 0.25) is 10.0 Å². The minimum atomic E-state index is -3.65. The van der Waals surface area contributed by atoms with Crippen LogP contribution < -0.4 is 10.5 Å². The highest BCUT2D eigenvalue weighted by atomic mass is 32.2. The van der Waals surface area contributed by atoms with Crippen LogP contribution in [0.1, 0.15) is 12.1 Å². The van der Waals surface area contributed by atoms with Gasteiger partial charge in [-0.25, -0.2) is 13.1 Å². The van der Waals surface area contributed by atoms with E-state index >= 15 is 0 Å². The van der Waals surface area contributed by atoms with Gasteiger partial charge in [0.05, 0.1) is 0 Å². The molecular weight excluding hydrogens is 274 g/mol. The molecular formula is C10H15N3O3S2. The molecule has 8 heteroatoms. The zero-order valence-corrected chi connectivity index (χ0v) is 11.6. The second kappa shape index (κ2) is 6.74. The number of hydrogen-bond donors (Lipinski definition) is 2. The van der Waals surface area contributed by atoms with E-state index in [0.717, 1.165) is 0 Å². The third kappa shape index (κ3) is 3.98. The summed E-state index contributed by atoms with van der Waals surface area (Å²) in [5, 5.41) is 0. The van der Waals surface area contributed by atoms with E-state index in [1.165, 1.54) is 18.3 Å². The number of ether oxygens (including phenoxy) is 1. The summed E-state index contributed by atoms with van der Waals surface area (Å²) in [5.41, 5.74) is 5.55. The number of pyridine rings is 1. The first-order valence-electron chi connectivity index (χ1n) is 5.22. The fraction of sp³-hybridized carbons (Fsp3) is 0.400. The number of hydrogen-bond acceptors (Lipinski definition) is 5. The van der Waals surface area contributed by atoms with E-state index in [2.05, 4.69) is 9.71 Å². The molecule has 0 radical (unpaired) electrons. The molecule has 0 bridgehead atoms. The van der Waals surface area contributed by atoms with Crippen LogP contribution >= 0.6 is 12.2 Å². The van der Waals surface area contributed by atoms with E-state index in [4.69, 9.17) is 22.7 Å². The topological polar surface area (TPSA) is 94.3 Å². The van der Waals surface area contributed by atoms with Gasteiger partial charge in [0.25, 0.3) is 0 Å². The lowest BCUT2D eigenvalue weighted by molar-refractivity contribution is 0.196. The molecule has 0 aliphatic heterocycles. The Hall–Kier alpha value is -1.09. The van der Waals surface area contributed by atoms with Crippen LogP contribution in [0.2, 0.25) is 0 Å². The van der Waals surface area contributed by atoms with Crippen LogP contribution in [-0.2, 0) is 14.8 Å². The highest BCUT2D eigenvalue weighted by Crippen LogP contribution is 2.12. The summed E-state index contributed by atoms with van der Waals surface area (Å²) in [7, 11) is -2.10. The third-order valence-electron chi connectivity index (χ3n) is 2.11. The van der Waals surface area contributed by atoms with Crippen molar-refractivity contribution in [3.05, 3.63) is 24.0 Å². The predicted octanol–water partition coefficient (Wildman–Crippen LogP) is 0.0306. The molecule has 18 heavy (non-hydrogen) atoms. The fourth-order valence-electron chi connectivity index (χ4n) is 1.29. The fourth-order valence-corrected chi connectivity index (χ4v) is 2.76. The Balaban J connectivity index is 2.88. The van der Waals surface area contributed by atoms with E-state index in [0.29, 0.717) is 13.0 Å². The van der Waals surface area contributed by atoms with Crippen LogP contribution in [0, 0.1) is 0 Å². The van der Waals surface area contributed by atoms with E-state index in [1.807, 2.05) is 0 Å². The van der Waals surface area contributed by atoms with Gasteiger partial charge in [-0.3, -0.25) is 4.98 Å². The molecule has 1 rings (SSSR count). The van der Waals surface area contributed by atoms with Crippen molar-refractivity contribution in [2.45, 2.75) is 11.3 Å². The Bertz CT molecular complexity index is 517. The molecule has 0 aromatic carbocycles. The van der Waals surface area contributed by atoms with E-state index in [9.17, 15) is 8.42 Å². The van der Waals surface area contributed by atoms with Crippen molar-refractivity contribution in [1.29, 1.82) is 0 Å². The first-order valence-corrected chi connectivity index (χ1v) is 7.11. The number of rotatable bonds is 7. The van der Waals surface area contributed by atoms with Crippen LogP contribution in [0.3, 0.4) is 0 Å². The van der Waals surface area contributed by atoms with Gasteiger partial charge in [-0.15, -0.1) is 0 Å². The van der Waals surface area contributed by atoms with E-state index < -0.39 is 10.0 Å². The molecule has 1 heterocycles. The molecule has 0 aliphatic rings. The molecule has 0 saturated carbocycles. The Morgan fingerprint density at radius 1 is 1.61 bits per heavy atom. The molecule has 100 valence electrons. The van der Waals surface area contributed by atoms with Crippen molar-refractivity contribution < 1.29 is 13.2 Å². The van der Waals surface area contributed by atoms with Crippen molar-refractivity contribution in [3.8, 4) is 0 Å². The van der Waals surface area contributed by atoms with Gasteiger partial charge in [0.1, 0.15) is 15.6 Å². The molecule has 0 amide bonds. The van der Waals surface area contributed by atoms with Crippen LogP contribution in [0.4, 0.5) is 0 Å². The molecule has 6 nitrogen and oxygen atoms in total. The summed E-state index contributed by atoms with van der Waals surface area (Å²) in [5.74, 6) is 0. The average molecular weight is 289 g/mol. The highest BCUT2D eigenvalue weighted by Gasteiger charge is 2.19. The summed E-state index contributed by atoms with van der Waals surface area (Å²) >= 11 is 4.78. The zero-order chi connectivity index (χ0) is 13.6. The van der Waals surface area contributed by atoms with Gasteiger partial charge in [-0.2, -0.15) is 0 Å². The first-order chi connectivity index (χ1) is 8.49. The Morgan fingerprint density at radius 2 is 2.33 bits per heavy atom. The molecule has 0 saturated heterocycles. The van der Waals surface area contributed by atoms with Gasteiger partial charge in [0, 0.05) is 26.5 Å². The summed E-state index contributed by atoms with van der Waals surface area (Å²) in [4.78, 5) is 3.83. The highest BCUT2D eigenvalue weighted by molar-refractivity contribution is 7.89. The van der Waals surface area contributed by atoms with Crippen LogP contribution in [0.25, 0.3) is 0 Å². The normalized spacial score (nSPS) is 11.4. The lowest BCUT2D eigenvalue weighted by Gasteiger charge is -2.09. The van der Waals surface area contributed by atoms with Gasteiger partial charge < -0.3 is 10.5 Å². The third-order valence-corrected chi connectivity index (χ3v) is 3.80. The maximum absolute atomic E-state index is 12.0. The molecule has 1 aromatic heterocycles. The van der Waals surface area contributed by atoms with Gasteiger partial charge in [0.15, 0.2) is 0 Å². The smallest absolute Gasteiger partial charge is 0.242 e. The zero-order valence-electron chi connectivity index (χ0n) is 9.92. The lowest BCUT2D eigenvalue weighted by Crippen LogP contribution is -2.28. The molecule has 3 N–H and O–H groups in total. The van der Waals surface area contributed by atoms with Crippen molar-refractivity contribution >= 4 is 27.2 Å². The number of nitrogens with zero attached hydrogens (tertiary/aromatic N) is 1. The standard InChI is InChI=1S/C10H15N3O3S2/c1-16-7-3-6-13-18(14,15)8-4-2-5-12-9(8)10(11)17/h2,4-5,13H,3,6-7H2,1H3,(H2,11,17). The predicted molar refractivity (Wildman–Crippen MR) is 71.8 cm³/mol. The summed E-state index contributed by atoms with van der Waals surface area (Å²) in [6.45, 7) is 0.763. The SMILES string of the molecule is COCCCNS(=O)(=O)c1cccnc1C(N)=S. The van der Waals surface area contributed by atoms with Crippen LogP contribution in [-0.4, -0.2) is 38.7 Å². The Labute approximate surface area is 112 Å². The van der Waals surface area contributed by atoms with Crippen molar-refractivity contribution in [2.75, 3.05) is 20.3 Å². The maximum atomic E-state index is 12.0. The Kier molecular flexibility index (Phi) is 5.60. The van der Waals surface area contributed by atoms with Gasteiger partial charge >= 0.3 is 0 Å². The summed E-state index contributed by atoms with van der Waals surface area (Å²) in [6.07, 6.45) is 2.02. The Morgan fingerprint density at radius 3 is 2.94 bits per heavy atom. The molecule has 0 spiro atoms.